The molecule has 0 aliphatic heterocycles. The predicted molar refractivity (Wildman–Crippen MR) is 132 cm³/mol. The van der Waals surface area contributed by atoms with Crippen molar-refractivity contribution < 1.29 is 58.4 Å². The van der Waals surface area contributed by atoms with Crippen molar-refractivity contribution >= 4 is 25.4 Å². The summed E-state index contributed by atoms with van der Waals surface area (Å²) in [5, 5.41) is 20.3. The summed E-state index contributed by atoms with van der Waals surface area (Å²) in [4.78, 5) is 13.6. The minimum atomic E-state index is -1.18. The van der Waals surface area contributed by atoms with Gasteiger partial charge in [0.2, 0.25) is 5.97 Å². The summed E-state index contributed by atoms with van der Waals surface area (Å²) in [6.07, 6.45) is 3.33. The molecule has 181 valence electrons. The first-order chi connectivity index (χ1) is 14.2. The van der Waals surface area contributed by atoms with E-state index in [9.17, 15) is 4.79 Å². The Balaban J connectivity index is 0.000000491. The van der Waals surface area contributed by atoms with Crippen LogP contribution in [0, 0.1) is 44.7 Å². The maximum atomic E-state index is 12.3. The van der Waals surface area contributed by atoms with Crippen LogP contribution in [0.25, 0.3) is 10.4 Å². The van der Waals surface area contributed by atoms with Gasteiger partial charge in [0.1, 0.15) is 0 Å². The van der Waals surface area contributed by atoms with E-state index in [1.165, 1.54) is 21.6 Å². The Hall–Kier alpha value is -0.187. The smallest absolute Gasteiger partial charge is 0.250 e. The molecule has 7 heteroatoms. The Labute approximate surface area is 229 Å². The fourth-order valence-corrected chi connectivity index (χ4v) is 4.54. The van der Waals surface area contributed by atoms with E-state index in [1.54, 1.807) is 39.0 Å². The minimum Gasteiger partial charge on any atom is -0.506 e. The van der Waals surface area contributed by atoms with Crippen molar-refractivity contribution in [3.05, 3.63) is 46.3 Å². The Bertz CT molecular complexity index is 877. The van der Waals surface area contributed by atoms with Gasteiger partial charge in [-0.2, -0.15) is 0 Å². The summed E-state index contributed by atoms with van der Waals surface area (Å²) in [5.74, 6) is -0.242. The summed E-state index contributed by atoms with van der Waals surface area (Å²) in [5.41, 5.74) is 2.44. The monoisotopic (exact) mass is 620 g/mol. The van der Waals surface area contributed by atoms with Crippen LogP contribution >= 0.6 is 11.3 Å². The van der Waals surface area contributed by atoms with Gasteiger partial charge in [-0.25, -0.2) is 0 Å². The summed E-state index contributed by atoms with van der Waals surface area (Å²) in [7, 11) is -1.18. The van der Waals surface area contributed by atoms with Crippen LogP contribution in [0.2, 0.25) is 25.7 Å². The third-order valence-corrected chi connectivity index (χ3v) is 8.42. The Morgan fingerprint density at radius 1 is 1.12 bits per heavy atom. The third kappa shape index (κ3) is 8.87. The maximum absolute atomic E-state index is 12.3. The minimum absolute atomic E-state index is 0. The number of carbonyl (C=O) groups excluding carboxylic acids is 1. The number of ether oxygens (including phenoxy) is 1. The fourth-order valence-electron chi connectivity index (χ4n) is 2.82. The molecule has 4 nitrogen and oxygen atoms in total. The second-order valence-electron chi connectivity index (χ2n) is 10.5. The molecule has 1 aromatic carbocycles. The molecule has 0 unspecified atom stereocenters. The van der Waals surface area contributed by atoms with Crippen molar-refractivity contribution in [3.63, 3.8) is 0 Å². The van der Waals surface area contributed by atoms with Crippen LogP contribution in [-0.4, -0.2) is 42.1 Å². The van der Waals surface area contributed by atoms with Crippen LogP contribution in [-0.2, 0) is 17.6 Å². The molecule has 3 rings (SSSR count). The number of benzene rings is 1. The van der Waals surface area contributed by atoms with Gasteiger partial charge >= 0.3 is 0 Å². The van der Waals surface area contributed by atoms with Crippen molar-refractivity contribution in [3.8, 4) is 10.4 Å². The molecular formula is C25H37O4SSiTb-. The zero-order chi connectivity index (χ0) is 23.4. The predicted octanol–water partition coefficient (Wildman–Crippen LogP) is 5.73. The zero-order valence-electron chi connectivity index (χ0n) is 20.3. The number of hydrogen-bond donors (Lipinski definition) is 2. The molecule has 0 saturated heterocycles. The van der Waals surface area contributed by atoms with Crippen LogP contribution < -0.4 is 0 Å². The average Bonchev–Trinajstić information content (AvgIpc) is 3.01. The molecule has 0 bridgehead atoms. The van der Waals surface area contributed by atoms with E-state index in [-0.39, 0.29) is 44.6 Å². The zero-order valence-corrected chi connectivity index (χ0v) is 24.3. The number of aryl methyl sites for hydroxylation is 2. The number of thiophene rings is 1. The third-order valence-electron chi connectivity index (χ3n) is 5.72. The molecule has 0 saturated carbocycles. The van der Waals surface area contributed by atoms with Crippen LogP contribution in [0.4, 0.5) is 0 Å². The van der Waals surface area contributed by atoms with Crippen molar-refractivity contribution in [2.45, 2.75) is 83.8 Å². The van der Waals surface area contributed by atoms with Crippen molar-refractivity contribution in [1.82, 2.24) is 0 Å². The number of hydrogen-bond acceptors (Lipinski definition) is 5. The van der Waals surface area contributed by atoms with E-state index >= 15 is 0 Å². The molecule has 1 aliphatic carbocycles. The number of aliphatic hydroxyl groups is 2. The van der Waals surface area contributed by atoms with Gasteiger partial charge in [0, 0.05) is 51.6 Å². The molecule has 0 amide bonds. The van der Waals surface area contributed by atoms with E-state index < -0.39 is 19.3 Å². The van der Waals surface area contributed by atoms with E-state index in [1.807, 2.05) is 12.1 Å². The first-order valence-corrected chi connectivity index (χ1v) is 15.5. The molecule has 1 aliphatic rings. The SMILES string of the molecule is CC(C)(O)C(C)(C)O.C[Si](C)(C)CCOC(=O)c1[c-]cc2c(c1)-c1sccc1CCC2.[Tb]. The molecule has 1 aromatic heterocycles. The summed E-state index contributed by atoms with van der Waals surface area (Å²) in [6.45, 7) is 13.7. The topological polar surface area (TPSA) is 66.8 Å². The number of esters is 1. The van der Waals surface area contributed by atoms with Gasteiger partial charge in [-0.1, -0.05) is 43.6 Å². The molecule has 0 atom stereocenters. The van der Waals surface area contributed by atoms with Crippen molar-refractivity contribution in [2.24, 2.45) is 0 Å². The fraction of sp³-hybridized carbons (Fsp3) is 0.560. The quantitative estimate of drug-likeness (QED) is 0.255. The standard InChI is InChI=1S/C19H23O2SSi.C6H14O2.Tb/c1-23(2,3)12-10-21-19(20)16-8-7-14-5-4-6-15-9-11-22-18(15)17(14)13-16;1-5(2,7)6(3,4)8;/h7,9,11,13H,4-6,10,12H2,1-3H3;7-8H,1-4H3;/q-1;;. The van der Waals surface area contributed by atoms with E-state index in [2.05, 4.69) is 37.2 Å². The average molecular weight is 621 g/mol. The molecule has 32 heavy (non-hydrogen) atoms. The van der Waals surface area contributed by atoms with Gasteiger partial charge in [0.25, 0.3) is 0 Å². The summed E-state index contributed by atoms with van der Waals surface area (Å²) < 4.78 is 5.46. The maximum Gasteiger partial charge on any atom is 0.250 e. The van der Waals surface area contributed by atoms with Gasteiger partial charge in [0.05, 0.1) is 17.8 Å². The van der Waals surface area contributed by atoms with Gasteiger partial charge < -0.3 is 19.7 Å². The van der Waals surface area contributed by atoms with Gasteiger partial charge in [-0.3, -0.25) is 0 Å². The van der Waals surface area contributed by atoms with E-state index in [4.69, 9.17) is 14.9 Å². The second-order valence-corrected chi connectivity index (χ2v) is 17.0. The molecule has 2 N–H and O–H groups in total. The Morgan fingerprint density at radius 2 is 1.72 bits per heavy atom. The van der Waals surface area contributed by atoms with Crippen LogP contribution in [0.3, 0.4) is 0 Å². The van der Waals surface area contributed by atoms with Crippen LogP contribution in [0.1, 0.15) is 55.6 Å². The first kappa shape index (κ1) is 29.8. The molecule has 2 aromatic rings. The van der Waals surface area contributed by atoms with Crippen molar-refractivity contribution in [1.29, 1.82) is 0 Å². The molecular weight excluding hydrogens is 583 g/mol. The van der Waals surface area contributed by atoms with E-state index in [0.29, 0.717) is 12.2 Å². The molecule has 1 radical (unpaired) electrons. The number of rotatable bonds is 5. The summed E-state index contributed by atoms with van der Waals surface area (Å²) >= 11 is 1.76. The molecule has 1 heterocycles. The normalized spacial score (nSPS) is 13.5. The Morgan fingerprint density at radius 3 is 2.28 bits per heavy atom. The van der Waals surface area contributed by atoms with Crippen molar-refractivity contribution in [2.75, 3.05) is 6.61 Å². The van der Waals surface area contributed by atoms with E-state index in [0.717, 1.165) is 25.3 Å². The first-order valence-electron chi connectivity index (χ1n) is 10.9. The second kappa shape index (κ2) is 12.0. The van der Waals surface area contributed by atoms with Gasteiger partial charge in [-0.05, 0) is 57.2 Å². The van der Waals surface area contributed by atoms with Gasteiger partial charge in [0.15, 0.2) is 0 Å². The molecule has 0 fully saturated rings. The largest absolute Gasteiger partial charge is 0.506 e. The molecule has 0 spiro atoms. The number of carbonyl (C=O) groups is 1. The van der Waals surface area contributed by atoms with Crippen LogP contribution in [0.15, 0.2) is 23.6 Å². The Kier molecular flexibility index (Phi) is 11.2. The summed E-state index contributed by atoms with van der Waals surface area (Å²) in [6, 6.07) is 10.3. The van der Waals surface area contributed by atoms with Crippen LogP contribution in [0.5, 0.6) is 0 Å². The van der Waals surface area contributed by atoms with Gasteiger partial charge in [-0.15, -0.1) is 35.1 Å². The number of fused-ring (bicyclic) bond motifs is 3.